The van der Waals surface area contributed by atoms with E-state index in [1.54, 1.807) is 26.2 Å². The number of rotatable bonds is 6. The van der Waals surface area contributed by atoms with Crippen molar-refractivity contribution in [3.63, 3.8) is 0 Å². The van der Waals surface area contributed by atoms with Gasteiger partial charge >= 0.3 is 0 Å². The number of carbonyl (C=O) groups is 1. The number of amides is 1. The molecule has 0 saturated heterocycles. The van der Waals surface area contributed by atoms with Crippen molar-refractivity contribution < 1.29 is 14.3 Å². The van der Waals surface area contributed by atoms with E-state index in [0.29, 0.717) is 30.0 Å². The Bertz CT molecular complexity index is 711. The number of nitrogens with zero attached hydrogens (tertiary/aromatic N) is 1. The first kappa shape index (κ1) is 17.7. The van der Waals surface area contributed by atoms with Crippen LogP contribution in [-0.2, 0) is 11.2 Å². The molecule has 0 aromatic heterocycles. The van der Waals surface area contributed by atoms with Crippen molar-refractivity contribution in [2.24, 2.45) is 0 Å². The predicted octanol–water partition coefficient (Wildman–Crippen LogP) is 3.19. The fourth-order valence-corrected chi connectivity index (χ4v) is 2.53. The number of nitrogen functional groups attached to an aromatic ring is 1. The van der Waals surface area contributed by atoms with Crippen LogP contribution in [0.1, 0.15) is 17.5 Å². The van der Waals surface area contributed by atoms with Crippen LogP contribution < -0.4 is 20.1 Å². The third-order valence-electron chi connectivity index (χ3n) is 3.99. The number of aryl methyl sites for hydroxylation is 2. The van der Waals surface area contributed by atoms with Crippen LogP contribution in [0.15, 0.2) is 36.4 Å². The van der Waals surface area contributed by atoms with Crippen LogP contribution in [0, 0.1) is 6.92 Å². The first-order chi connectivity index (χ1) is 11.5. The van der Waals surface area contributed by atoms with E-state index in [4.69, 9.17) is 15.2 Å². The van der Waals surface area contributed by atoms with Crippen LogP contribution in [0.5, 0.6) is 11.5 Å². The van der Waals surface area contributed by atoms with Gasteiger partial charge in [-0.25, -0.2) is 0 Å². The van der Waals surface area contributed by atoms with Crippen LogP contribution in [0.4, 0.5) is 11.4 Å². The smallest absolute Gasteiger partial charge is 0.227 e. The average molecular weight is 328 g/mol. The molecule has 2 rings (SSSR count). The lowest BCUT2D eigenvalue weighted by Gasteiger charge is -2.18. The SMILES string of the molecule is COc1cc(CCC(=O)N(C)c2ccc(C)cc2)cc(N)c1OC. The molecule has 1 amide bonds. The Morgan fingerprint density at radius 3 is 2.38 bits per heavy atom. The summed E-state index contributed by atoms with van der Waals surface area (Å²) >= 11 is 0. The van der Waals surface area contributed by atoms with Gasteiger partial charge in [0.25, 0.3) is 0 Å². The lowest BCUT2D eigenvalue weighted by atomic mass is 10.1. The molecule has 0 unspecified atom stereocenters. The van der Waals surface area contributed by atoms with E-state index < -0.39 is 0 Å². The standard InChI is InChI=1S/C19H24N2O3/c1-13-5-8-15(9-6-13)21(2)18(22)10-7-14-11-16(20)19(24-4)17(12-14)23-3/h5-6,8-9,11-12H,7,10,20H2,1-4H3. The van der Waals surface area contributed by atoms with Crippen molar-refractivity contribution in [2.45, 2.75) is 19.8 Å². The maximum Gasteiger partial charge on any atom is 0.227 e. The third kappa shape index (κ3) is 3.98. The van der Waals surface area contributed by atoms with E-state index in [1.165, 1.54) is 5.56 Å². The molecule has 0 heterocycles. The molecular weight excluding hydrogens is 304 g/mol. The molecule has 5 nitrogen and oxygen atoms in total. The van der Waals surface area contributed by atoms with E-state index in [-0.39, 0.29) is 5.91 Å². The molecule has 0 atom stereocenters. The minimum Gasteiger partial charge on any atom is -0.493 e. The fourth-order valence-electron chi connectivity index (χ4n) is 2.53. The third-order valence-corrected chi connectivity index (χ3v) is 3.99. The highest BCUT2D eigenvalue weighted by molar-refractivity contribution is 5.92. The van der Waals surface area contributed by atoms with Crippen LogP contribution in [0.2, 0.25) is 0 Å². The summed E-state index contributed by atoms with van der Waals surface area (Å²) in [6, 6.07) is 11.6. The zero-order valence-electron chi connectivity index (χ0n) is 14.6. The largest absolute Gasteiger partial charge is 0.493 e. The molecule has 128 valence electrons. The summed E-state index contributed by atoms with van der Waals surface area (Å²) in [5.74, 6) is 1.14. The van der Waals surface area contributed by atoms with Crippen molar-refractivity contribution in [3.8, 4) is 11.5 Å². The Labute approximate surface area is 143 Å². The first-order valence-corrected chi connectivity index (χ1v) is 7.80. The summed E-state index contributed by atoms with van der Waals surface area (Å²) in [6.45, 7) is 2.02. The number of nitrogens with two attached hydrogens (primary N) is 1. The van der Waals surface area contributed by atoms with Crippen LogP contribution in [0.25, 0.3) is 0 Å². The molecule has 0 aliphatic rings. The highest BCUT2D eigenvalue weighted by Gasteiger charge is 2.14. The van der Waals surface area contributed by atoms with Crippen LogP contribution >= 0.6 is 0 Å². The number of ether oxygens (including phenoxy) is 2. The average Bonchev–Trinajstić information content (AvgIpc) is 2.59. The molecule has 2 aromatic rings. The van der Waals surface area contributed by atoms with Gasteiger partial charge in [-0.2, -0.15) is 0 Å². The summed E-state index contributed by atoms with van der Waals surface area (Å²) in [6.07, 6.45) is 0.971. The molecule has 5 heteroatoms. The summed E-state index contributed by atoms with van der Waals surface area (Å²) in [4.78, 5) is 14.1. The van der Waals surface area contributed by atoms with Gasteiger partial charge in [0.15, 0.2) is 11.5 Å². The zero-order valence-corrected chi connectivity index (χ0v) is 14.6. The summed E-state index contributed by atoms with van der Waals surface area (Å²) in [5.41, 5.74) is 9.48. The second-order valence-corrected chi connectivity index (χ2v) is 5.71. The molecule has 0 saturated carbocycles. The number of hydrogen-bond acceptors (Lipinski definition) is 4. The molecule has 0 aliphatic heterocycles. The number of carbonyl (C=O) groups excluding carboxylic acids is 1. The van der Waals surface area contributed by atoms with Gasteiger partial charge in [-0.15, -0.1) is 0 Å². The molecule has 2 aromatic carbocycles. The lowest BCUT2D eigenvalue weighted by molar-refractivity contribution is -0.118. The molecule has 0 bridgehead atoms. The van der Waals surface area contributed by atoms with Gasteiger partial charge in [-0.1, -0.05) is 17.7 Å². The predicted molar refractivity (Wildman–Crippen MR) is 96.9 cm³/mol. The minimum absolute atomic E-state index is 0.0483. The second kappa shape index (κ2) is 7.73. The van der Waals surface area contributed by atoms with Crippen LogP contribution in [-0.4, -0.2) is 27.2 Å². The number of methoxy groups -OCH3 is 2. The van der Waals surface area contributed by atoms with E-state index >= 15 is 0 Å². The Balaban J connectivity index is 2.06. The minimum atomic E-state index is 0.0483. The maximum absolute atomic E-state index is 12.4. The van der Waals surface area contributed by atoms with E-state index in [0.717, 1.165) is 11.3 Å². The second-order valence-electron chi connectivity index (χ2n) is 5.71. The van der Waals surface area contributed by atoms with Gasteiger partial charge in [-0.05, 0) is 43.2 Å². The molecule has 0 spiro atoms. The number of hydrogen-bond donors (Lipinski definition) is 1. The molecule has 2 N–H and O–H groups in total. The van der Waals surface area contributed by atoms with E-state index in [1.807, 2.05) is 43.3 Å². The molecule has 0 aliphatic carbocycles. The lowest BCUT2D eigenvalue weighted by Crippen LogP contribution is -2.26. The highest BCUT2D eigenvalue weighted by Crippen LogP contribution is 2.34. The first-order valence-electron chi connectivity index (χ1n) is 7.80. The number of benzene rings is 2. The molecular formula is C19H24N2O3. The van der Waals surface area contributed by atoms with Gasteiger partial charge in [0.05, 0.1) is 19.9 Å². The van der Waals surface area contributed by atoms with Gasteiger partial charge in [0, 0.05) is 19.2 Å². The molecule has 0 fully saturated rings. The van der Waals surface area contributed by atoms with Crippen molar-refractivity contribution >= 4 is 17.3 Å². The van der Waals surface area contributed by atoms with E-state index in [9.17, 15) is 4.79 Å². The van der Waals surface area contributed by atoms with Crippen molar-refractivity contribution in [1.82, 2.24) is 0 Å². The van der Waals surface area contributed by atoms with Gasteiger partial charge in [0.1, 0.15) is 0 Å². The normalized spacial score (nSPS) is 10.3. The highest BCUT2D eigenvalue weighted by atomic mass is 16.5. The topological polar surface area (TPSA) is 64.8 Å². The van der Waals surface area contributed by atoms with Crippen molar-refractivity contribution in [1.29, 1.82) is 0 Å². The van der Waals surface area contributed by atoms with Gasteiger partial charge < -0.3 is 20.1 Å². The van der Waals surface area contributed by atoms with Gasteiger partial charge in [-0.3, -0.25) is 4.79 Å². The molecule has 24 heavy (non-hydrogen) atoms. The fraction of sp³-hybridized carbons (Fsp3) is 0.316. The van der Waals surface area contributed by atoms with Gasteiger partial charge in [0.2, 0.25) is 5.91 Å². The Morgan fingerprint density at radius 1 is 1.12 bits per heavy atom. The van der Waals surface area contributed by atoms with Crippen molar-refractivity contribution in [3.05, 3.63) is 47.5 Å². The van der Waals surface area contributed by atoms with E-state index in [2.05, 4.69) is 0 Å². The number of anilines is 2. The summed E-state index contributed by atoms with van der Waals surface area (Å²) in [7, 11) is 4.90. The molecule has 0 radical (unpaired) electrons. The Morgan fingerprint density at radius 2 is 1.79 bits per heavy atom. The quantitative estimate of drug-likeness (QED) is 0.827. The Hall–Kier alpha value is -2.69. The maximum atomic E-state index is 12.4. The summed E-state index contributed by atoms with van der Waals surface area (Å²) in [5, 5.41) is 0. The monoisotopic (exact) mass is 328 g/mol. The van der Waals surface area contributed by atoms with Crippen molar-refractivity contribution in [2.75, 3.05) is 31.9 Å². The Kier molecular flexibility index (Phi) is 5.68. The zero-order chi connectivity index (χ0) is 17.7. The summed E-state index contributed by atoms with van der Waals surface area (Å²) < 4.78 is 10.5. The van der Waals surface area contributed by atoms with Crippen LogP contribution in [0.3, 0.4) is 0 Å².